The molecule has 102 valence electrons. The molecule has 0 fully saturated rings. The number of hydrogen-bond donors (Lipinski definition) is 2. The maximum atomic E-state index is 11.8. The molecule has 3 nitrogen and oxygen atoms in total. The van der Waals surface area contributed by atoms with Crippen molar-refractivity contribution in [2.75, 3.05) is 6.54 Å². The maximum Gasteiger partial charge on any atom is 0.226 e. The van der Waals surface area contributed by atoms with E-state index in [-0.39, 0.29) is 5.91 Å². The minimum Gasteiger partial charge on any atom is -0.336 e. The Hall–Kier alpha value is 0.300. The second-order valence-electron chi connectivity index (χ2n) is 5.01. The first-order chi connectivity index (χ1) is 7.59. The minimum atomic E-state index is -1.56. The van der Waals surface area contributed by atoms with Gasteiger partial charge in [0.15, 0.2) is 0 Å². The summed E-state index contributed by atoms with van der Waals surface area (Å²) in [5.74, 6) is -0.155. The van der Waals surface area contributed by atoms with E-state index in [0.717, 1.165) is 12.8 Å². The minimum absolute atomic E-state index is 0.155. The highest BCUT2D eigenvalue weighted by Gasteiger charge is 2.35. The predicted molar refractivity (Wildman–Crippen MR) is 74.6 cm³/mol. The van der Waals surface area contributed by atoms with Gasteiger partial charge in [-0.15, -0.1) is 0 Å². The van der Waals surface area contributed by atoms with Crippen molar-refractivity contribution >= 4 is 40.7 Å². The van der Waals surface area contributed by atoms with E-state index in [9.17, 15) is 4.79 Å². The van der Waals surface area contributed by atoms with Gasteiger partial charge in [0.1, 0.15) is 6.17 Å². The molecule has 0 rings (SSSR count). The van der Waals surface area contributed by atoms with Crippen molar-refractivity contribution < 1.29 is 4.79 Å². The standard InChI is InChI=1S/C11H21Cl3N2O/c1-5-6-7-15-8(11(12,13)14)16-9(17)10(2,3)4/h8,15H,5-7H2,1-4H3,(H,16,17). The van der Waals surface area contributed by atoms with Crippen LogP contribution in [0.2, 0.25) is 0 Å². The zero-order valence-corrected chi connectivity index (χ0v) is 13.0. The Morgan fingerprint density at radius 3 is 2.12 bits per heavy atom. The third-order valence-electron chi connectivity index (χ3n) is 2.16. The number of unbranched alkanes of at least 4 members (excludes halogenated alkanes) is 1. The maximum absolute atomic E-state index is 11.8. The fraction of sp³-hybridized carbons (Fsp3) is 0.909. The van der Waals surface area contributed by atoms with Crippen molar-refractivity contribution in [2.45, 2.75) is 50.5 Å². The van der Waals surface area contributed by atoms with Gasteiger partial charge in [-0.1, -0.05) is 68.9 Å². The molecule has 0 radical (unpaired) electrons. The number of nitrogens with one attached hydrogen (secondary N) is 2. The Balaban J connectivity index is 4.46. The number of halogens is 3. The lowest BCUT2D eigenvalue weighted by molar-refractivity contribution is -0.129. The molecule has 1 unspecified atom stereocenters. The van der Waals surface area contributed by atoms with Crippen LogP contribution >= 0.6 is 34.8 Å². The molecule has 0 aromatic rings. The molecule has 2 N–H and O–H groups in total. The van der Waals surface area contributed by atoms with Crippen LogP contribution in [0.3, 0.4) is 0 Å². The van der Waals surface area contributed by atoms with Gasteiger partial charge in [0, 0.05) is 5.41 Å². The summed E-state index contributed by atoms with van der Waals surface area (Å²) >= 11 is 17.5. The lowest BCUT2D eigenvalue weighted by Gasteiger charge is -2.29. The second kappa shape index (κ2) is 7.03. The third kappa shape index (κ3) is 7.35. The topological polar surface area (TPSA) is 41.1 Å². The van der Waals surface area contributed by atoms with Crippen LogP contribution < -0.4 is 10.6 Å². The summed E-state index contributed by atoms with van der Waals surface area (Å²) in [6.45, 7) is 8.19. The van der Waals surface area contributed by atoms with Gasteiger partial charge in [-0.2, -0.15) is 0 Å². The van der Waals surface area contributed by atoms with Crippen LogP contribution in [0.25, 0.3) is 0 Å². The molecule has 0 aromatic carbocycles. The predicted octanol–water partition coefficient (Wildman–Crippen LogP) is 3.23. The second-order valence-corrected chi connectivity index (χ2v) is 7.37. The summed E-state index contributed by atoms with van der Waals surface area (Å²) in [7, 11) is 0. The van der Waals surface area contributed by atoms with Gasteiger partial charge in [-0.25, -0.2) is 0 Å². The van der Waals surface area contributed by atoms with Crippen LogP contribution in [0.15, 0.2) is 0 Å². The smallest absolute Gasteiger partial charge is 0.226 e. The summed E-state index contributed by atoms with van der Waals surface area (Å²) in [4.78, 5) is 11.8. The molecule has 0 aliphatic rings. The first kappa shape index (κ1) is 17.3. The van der Waals surface area contributed by atoms with Gasteiger partial charge in [-0.3, -0.25) is 10.1 Å². The molecule has 0 aliphatic carbocycles. The van der Waals surface area contributed by atoms with Crippen molar-refractivity contribution in [2.24, 2.45) is 5.41 Å². The molecule has 0 spiro atoms. The quantitative estimate of drug-likeness (QED) is 0.465. The number of carbonyl (C=O) groups excluding carboxylic acids is 1. The van der Waals surface area contributed by atoms with E-state index in [1.807, 2.05) is 20.8 Å². The van der Waals surface area contributed by atoms with Gasteiger partial charge in [0.05, 0.1) is 0 Å². The Kier molecular flexibility index (Phi) is 7.15. The third-order valence-corrected chi connectivity index (χ3v) is 2.82. The van der Waals surface area contributed by atoms with Crippen molar-refractivity contribution in [1.29, 1.82) is 0 Å². The lowest BCUT2D eigenvalue weighted by atomic mass is 9.95. The summed E-state index contributed by atoms with van der Waals surface area (Å²) in [6, 6.07) is 0. The van der Waals surface area contributed by atoms with Crippen molar-refractivity contribution in [3.8, 4) is 0 Å². The summed E-state index contributed by atoms with van der Waals surface area (Å²) < 4.78 is -1.56. The zero-order chi connectivity index (χ0) is 13.7. The Labute approximate surface area is 119 Å². The molecular weight excluding hydrogens is 282 g/mol. The van der Waals surface area contributed by atoms with E-state index in [2.05, 4.69) is 17.6 Å². The normalized spacial score (nSPS) is 14.5. The van der Waals surface area contributed by atoms with Crippen LogP contribution in [0.5, 0.6) is 0 Å². The number of carbonyl (C=O) groups is 1. The summed E-state index contributed by atoms with van der Waals surface area (Å²) in [6.07, 6.45) is 1.32. The highest BCUT2D eigenvalue weighted by Crippen LogP contribution is 2.29. The van der Waals surface area contributed by atoms with Crippen molar-refractivity contribution in [1.82, 2.24) is 10.6 Å². The molecule has 0 heterocycles. The molecule has 0 saturated heterocycles. The Bertz CT molecular complexity index is 246. The van der Waals surface area contributed by atoms with Crippen LogP contribution in [-0.4, -0.2) is 22.4 Å². The molecule has 1 amide bonds. The van der Waals surface area contributed by atoms with Crippen LogP contribution in [-0.2, 0) is 4.79 Å². The van der Waals surface area contributed by atoms with Crippen LogP contribution in [0, 0.1) is 5.41 Å². The van der Waals surface area contributed by atoms with E-state index >= 15 is 0 Å². The molecule has 0 aromatic heterocycles. The largest absolute Gasteiger partial charge is 0.336 e. The van der Waals surface area contributed by atoms with E-state index in [1.165, 1.54) is 0 Å². The molecule has 6 heteroatoms. The van der Waals surface area contributed by atoms with E-state index in [4.69, 9.17) is 34.8 Å². The first-order valence-electron chi connectivity index (χ1n) is 5.70. The van der Waals surface area contributed by atoms with Gasteiger partial charge in [-0.05, 0) is 13.0 Å². The highest BCUT2D eigenvalue weighted by atomic mass is 35.6. The number of hydrogen-bond acceptors (Lipinski definition) is 2. The fourth-order valence-electron chi connectivity index (χ4n) is 1.02. The van der Waals surface area contributed by atoms with Gasteiger partial charge < -0.3 is 5.32 Å². The van der Waals surface area contributed by atoms with E-state index in [0.29, 0.717) is 6.54 Å². The zero-order valence-electron chi connectivity index (χ0n) is 10.7. The monoisotopic (exact) mass is 302 g/mol. The van der Waals surface area contributed by atoms with Gasteiger partial charge >= 0.3 is 0 Å². The number of amides is 1. The molecule has 0 aliphatic heterocycles. The van der Waals surface area contributed by atoms with Crippen LogP contribution in [0.4, 0.5) is 0 Å². The fourth-order valence-corrected chi connectivity index (χ4v) is 1.41. The van der Waals surface area contributed by atoms with E-state index < -0.39 is 15.4 Å². The molecule has 0 saturated carbocycles. The lowest BCUT2D eigenvalue weighted by Crippen LogP contribution is -2.55. The van der Waals surface area contributed by atoms with Crippen molar-refractivity contribution in [3.05, 3.63) is 0 Å². The number of alkyl halides is 3. The Morgan fingerprint density at radius 1 is 1.24 bits per heavy atom. The average Bonchev–Trinajstić information content (AvgIpc) is 2.13. The van der Waals surface area contributed by atoms with Crippen molar-refractivity contribution in [3.63, 3.8) is 0 Å². The number of rotatable bonds is 5. The van der Waals surface area contributed by atoms with Crippen LogP contribution in [0.1, 0.15) is 40.5 Å². The molecular formula is C11H21Cl3N2O. The SMILES string of the molecule is CCCCNC(NC(=O)C(C)(C)C)C(Cl)(Cl)Cl. The van der Waals surface area contributed by atoms with E-state index in [1.54, 1.807) is 0 Å². The molecule has 0 bridgehead atoms. The highest BCUT2D eigenvalue weighted by molar-refractivity contribution is 6.68. The first-order valence-corrected chi connectivity index (χ1v) is 6.83. The van der Waals surface area contributed by atoms with Gasteiger partial charge in [0.25, 0.3) is 0 Å². The average molecular weight is 304 g/mol. The molecule has 17 heavy (non-hydrogen) atoms. The van der Waals surface area contributed by atoms with Gasteiger partial charge in [0.2, 0.25) is 9.70 Å². The molecule has 1 atom stereocenters. The summed E-state index contributed by atoms with van der Waals surface area (Å²) in [5.41, 5.74) is -0.513. The Morgan fingerprint density at radius 2 is 1.76 bits per heavy atom. The summed E-state index contributed by atoms with van der Waals surface area (Å²) in [5, 5.41) is 5.75.